The third-order valence-electron chi connectivity index (χ3n) is 4.89. The van der Waals surface area contributed by atoms with Gasteiger partial charge < -0.3 is 15.4 Å². The monoisotopic (exact) mass is 384 g/mol. The van der Waals surface area contributed by atoms with Crippen molar-refractivity contribution in [1.29, 1.82) is 0 Å². The van der Waals surface area contributed by atoms with Gasteiger partial charge >= 0.3 is 0 Å². The first-order valence-electron chi connectivity index (χ1n) is 9.46. The summed E-state index contributed by atoms with van der Waals surface area (Å²) in [7, 11) is 1.65. The van der Waals surface area contributed by atoms with Crippen LogP contribution < -0.4 is 15.4 Å². The van der Waals surface area contributed by atoms with Crippen molar-refractivity contribution in [1.82, 2.24) is 19.7 Å². The molecule has 7 nitrogen and oxygen atoms in total. The number of nitrogens with one attached hydrogen (secondary N) is 2. The minimum Gasteiger partial charge on any atom is -0.497 e. The molecule has 0 saturated heterocycles. The van der Waals surface area contributed by atoms with Gasteiger partial charge in [0.1, 0.15) is 5.75 Å². The average molecular weight is 384 g/mol. The van der Waals surface area contributed by atoms with Crippen molar-refractivity contribution in [3.63, 3.8) is 0 Å². The van der Waals surface area contributed by atoms with Crippen LogP contribution in [0.1, 0.15) is 5.56 Å². The number of methoxy groups -OCH3 is 1. The molecule has 0 saturated carbocycles. The van der Waals surface area contributed by atoms with E-state index in [0.717, 1.165) is 52.7 Å². The molecule has 0 radical (unpaired) electrons. The summed E-state index contributed by atoms with van der Waals surface area (Å²) in [6.45, 7) is 0.792. The van der Waals surface area contributed by atoms with Crippen LogP contribution >= 0.6 is 0 Å². The molecule has 2 aromatic carbocycles. The highest BCUT2D eigenvalue weighted by Gasteiger charge is 2.20. The van der Waals surface area contributed by atoms with Gasteiger partial charge in [0.25, 0.3) is 0 Å². The quantitative estimate of drug-likeness (QED) is 0.553. The lowest BCUT2D eigenvalue weighted by Crippen LogP contribution is -2.05. The van der Waals surface area contributed by atoms with Crippen molar-refractivity contribution >= 4 is 17.5 Å². The lowest BCUT2D eigenvalue weighted by Gasteiger charge is -2.09. The van der Waals surface area contributed by atoms with Crippen molar-refractivity contribution in [3.05, 3.63) is 72.6 Å². The van der Waals surface area contributed by atoms with E-state index >= 15 is 0 Å². The zero-order valence-corrected chi connectivity index (χ0v) is 16.0. The van der Waals surface area contributed by atoms with Gasteiger partial charge in [0, 0.05) is 24.6 Å². The Hall–Kier alpha value is -3.87. The van der Waals surface area contributed by atoms with Crippen LogP contribution in [0.25, 0.3) is 16.9 Å². The van der Waals surface area contributed by atoms with E-state index in [4.69, 9.17) is 14.8 Å². The van der Waals surface area contributed by atoms with E-state index in [0.29, 0.717) is 5.95 Å². The van der Waals surface area contributed by atoms with Crippen LogP contribution in [0.4, 0.5) is 17.5 Å². The number of nitrogens with zero attached hydrogens (tertiary/aromatic N) is 4. The molecule has 29 heavy (non-hydrogen) atoms. The van der Waals surface area contributed by atoms with Crippen LogP contribution in [0.2, 0.25) is 0 Å². The van der Waals surface area contributed by atoms with Gasteiger partial charge in [0.05, 0.1) is 24.1 Å². The number of fused-ring (bicyclic) bond motifs is 3. The average Bonchev–Trinajstić information content (AvgIpc) is 3.12. The Morgan fingerprint density at radius 2 is 1.90 bits per heavy atom. The zero-order chi connectivity index (χ0) is 19.6. The van der Waals surface area contributed by atoms with Gasteiger partial charge in [-0.25, -0.2) is 14.6 Å². The molecule has 0 aliphatic carbocycles. The summed E-state index contributed by atoms with van der Waals surface area (Å²) in [5.41, 5.74) is 4.89. The first-order valence-corrected chi connectivity index (χ1v) is 9.46. The lowest BCUT2D eigenvalue weighted by molar-refractivity contribution is 0.415. The van der Waals surface area contributed by atoms with Crippen LogP contribution in [0.5, 0.6) is 5.75 Å². The van der Waals surface area contributed by atoms with Gasteiger partial charge in [-0.3, -0.25) is 0 Å². The Balaban J connectivity index is 1.51. The Kier molecular flexibility index (Phi) is 4.32. The third kappa shape index (κ3) is 3.38. The number of benzene rings is 2. The number of para-hydroxylation sites is 1. The van der Waals surface area contributed by atoms with E-state index in [9.17, 15) is 0 Å². The maximum absolute atomic E-state index is 5.21. The highest BCUT2D eigenvalue weighted by atomic mass is 16.5. The van der Waals surface area contributed by atoms with E-state index in [2.05, 4.69) is 15.6 Å². The Bertz CT molecular complexity index is 1140. The van der Waals surface area contributed by atoms with Crippen LogP contribution in [-0.2, 0) is 6.42 Å². The molecule has 0 unspecified atom stereocenters. The molecule has 0 atom stereocenters. The minimum atomic E-state index is 0.550. The molecule has 1 aliphatic rings. The van der Waals surface area contributed by atoms with Gasteiger partial charge in [-0.2, -0.15) is 0 Å². The van der Waals surface area contributed by atoms with Gasteiger partial charge in [0.15, 0.2) is 5.82 Å². The highest BCUT2D eigenvalue weighted by Crippen LogP contribution is 2.33. The van der Waals surface area contributed by atoms with Crippen molar-refractivity contribution in [2.45, 2.75) is 6.42 Å². The van der Waals surface area contributed by atoms with Crippen molar-refractivity contribution in [2.24, 2.45) is 0 Å². The molecule has 5 rings (SSSR count). The second-order valence-electron chi connectivity index (χ2n) is 6.77. The fraction of sp³-hybridized carbons (Fsp3) is 0.136. The predicted molar refractivity (Wildman–Crippen MR) is 113 cm³/mol. The number of hydrogen-bond donors (Lipinski definition) is 2. The van der Waals surface area contributed by atoms with Gasteiger partial charge in [-0.15, -0.1) is 5.10 Å². The van der Waals surface area contributed by atoms with Gasteiger partial charge in [0.2, 0.25) is 5.95 Å². The first kappa shape index (κ1) is 17.2. The molecule has 7 heteroatoms. The maximum Gasteiger partial charge on any atom is 0.227 e. The van der Waals surface area contributed by atoms with E-state index < -0.39 is 0 Å². The molecule has 4 aromatic rings. The SMILES string of the molecule is COc1ccc(Nc2ncc3c(n2)-c2cn(-c4ccccc4)nc2NCC3)cc1. The van der Waals surface area contributed by atoms with Gasteiger partial charge in [-0.1, -0.05) is 18.2 Å². The van der Waals surface area contributed by atoms with Crippen LogP contribution in [0.3, 0.4) is 0 Å². The second-order valence-corrected chi connectivity index (χ2v) is 6.77. The standard InChI is InChI=1S/C22H20N6O/c1-29-18-9-7-16(8-10-18)25-22-24-13-15-11-12-23-21-19(20(15)26-22)14-28(27-21)17-5-3-2-4-6-17/h2-10,13-14H,11-12H2,1H3,(H,23,27)(H,24,25,26). The van der Waals surface area contributed by atoms with Crippen molar-refractivity contribution in [2.75, 3.05) is 24.3 Å². The minimum absolute atomic E-state index is 0.550. The number of anilines is 3. The molecule has 0 fully saturated rings. The summed E-state index contributed by atoms with van der Waals surface area (Å²) in [5.74, 6) is 2.19. The summed E-state index contributed by atoms with van der Waals surface area (Å²) in [6.07, 6.45) is 4.76. The number of ether oxygens (including phenoxy) is 1. The van der Waals surface area contributed by atoms with E-state index in [1.54, 1.807) is 7.11 Å². The molecule has 1 aliphatic heterocycles. The second kappa shape index (κ2) is 7.27. The topological polar surface area (TPSA) is 76.9 Å². The molecule has 0 bridgehead atoms. The van der Waals surface area contributed by atoms with E-state index in [1.165, 1.54) is 0 Å². The lowest BCUT2D eigenvalue weighted by atomic mass is 10.1. The first-order chi connectivity index (χ1) is 14.3. The molecule has 2 aromatic heterocycles. The Morgan fingerprint density at radius 1 is 1.07 bits per heavy atom. The molecular weight excluding hydrogens is 364 g/mol. The largest absolute Gasteiger partial charge is 0.497 e. The highest BCUT2D eigenvalue weighted by molar-refractivity contribution is 5.77. The summed E-state index contributed by atoms with van der Waals surface area (Å²) in [5, 5.41) is 11.4. The van der Waals surface area contributed by atoms with Crippen molar-refractivity contribution in [3.8, 4) is 22.7 Å². The normalized spacial score (nSPS) is 12.3. The fourth-order valence-corrected chi connectivity index (χ4v) is 3.39. The van der Waals surface area contributed by atoms with E-state index in [-0.39, 0.29) is 0 Å². The number of rotatable bonds is 4. The molecule has 0 spiro atoms. The summed E-state index contributed by atoms with van der Waals surface area (Å²) >= 11 is 0. The summed E-state index contributed by atoms with van der Waals surface area (Å²) in [4.78, 5) is 9.31. The van der Waals surface area contributed by atoms with E-state index in [1.807, 2.05) is 71.7 Å². The third-order valence-corrected chi connectivity index (χ3v) is 4.89. The Labute approximate surface area is 168 Å². The molecule has 0 amide bonds. The Morgan fingerprint density at radius 3 is 2.69 bits per heavy atom. The molecule has 144 valence electrons. The smallest absolute Gasteiger partial charge is 0.227 e. The van der Waals surface area contributed by atoms with Crippen molar-refractivity contribution < 1.29 is 4.74 Å². The number of aromatic nitrogens is 4. The van der Waals surface area contributed by atoms with Crippen LogP contribution in [0.15, 0.2) is 67.0 Å². The van der Waals surface area contributed by atoms with Gasteiger partial charge in [-0.05, 0) is 48.4 Å². The van der Waals surface area contributed by atoms with Crippen LogP contribution in [-0.4, -0.2) is 33.4 Å². The number of hydrogen-bond acceptors (Lipinski definition) is 6. The zero-order valence-electron chi connectivity index (χ0n) is 16.0. The molecule has 3 heterocycles. The summed E-state index contributed by atoms with van der Waals surface area (Å²) in [6, 6.07) is 17.7. The molecular formula is C22H20N6O. The van der Waals surface area contributed by atoms with Crippen LogP contribution in [0, 0.1) is 0 Å². The summed E-state index contributed by atoms with van der Waals surface area (Å²) < 4.78 is 7.09. The molecule has 2 N–H and O–H groups in total. The fourth-order valence-electron chi connectivity index (χ4n) is 3.39. The predicted octanol–water partition coefficient (Wildman–Crippen LogP) is 4.05. The maximum atomic E-state index is 5.21.